The van der Waals surface area contributed by atoms with E-state index in [1.165, 1.54) is 26.4 Å². The molecule has 1 atom stereocenters. The largest absolute Gasteiger partial charge is 0.612 e. The van der Waals surface area contributed by atoms with Crippen molar-refractivity contribution >= 4 is 17.3 Å². The molecule has 0 N–H and O–H groups in total. The molecule has 6 heteroatoms. The molecule has 0 bridgehead atoms. The molecule has 24 heavy (non-hydrogen) atoms. The van der Waals surface area contributed by atoms with Crippen molar-refractivity contribution in [3.63, 3.8) is 0 Å². The lowest BCUT2D eigenvalue weighted by Crippen LogP contribution is -2.00. The fourth-order valence-corrected chi connectivity index (χ4v) is 3.05. The lowest BCUT2D eigenvalue weighted by atomic mass is 10.1. The summed E-state index contributed by atoms with van der Waals surface area (Å²) in [5, 5.41) is 1.54. The van der Waals surface area contributed by atoms with Crippen LogP contribution in [0.5, 0.6) is 17.2 Å². The normalized spacial score (nSPS) is 12.2. The molecular formula is C18H19FO4S. The van der Waals surface area contributed by atoms with Gasteiger partial charge in [-0.05, 0) is 23.3 Å². The van der Waals surface area contributed by atoms with Gasteiger partial charge >= 0.3 is 0 Å². The van der Waals surface area contributed by atoms with Crippen LogP contribution in [0.15, 0.2) is 41.8 Å². The van der Waals surface area contributed by atoms with E-state index >= 15 is 0 Å². The Morgan fingerprint density at radius 1 is 1.00 bits per heavy atom. The second-order valence-corrected chi connectivity index (χ2v) is 6.22. The molecule has 0 aromatic heterocycles. The van der Waals surface area contributed by atoms with Crippen molar-refractivity contribution < 1.29 is 23.2 Å². The number of hydrogen-bond donors (Lipinski definition) is 0. The number of hydrogen-bond acceptors (Lipinski definition) is 4. The minimum absolute atomic E-state index is 0.324. The molecule has 0 aliphatic carbocycles. The van der Waals surface area contributed by atoms with Gasteiger partial charge in [-0.15, -0.1) is 0 Å². The van der Waals surface area contributed by atoms with Crippen molar-refractivity contribution in [2.45, 2.75) is 5.75 Å². The van der Waals surface area contributed by atoms with Crippen molar-refractivity contribution in [1.82, 2.24) is 0 Å². The van der Waals surface area contributed by atoms with Crippen LogP contribution < -0.4 is 14.2 Å². The zero-order valence-corrected chi connectivity index (χ0v) is 14.6. The van der Waals surface area contributed by atoms with Gasteiger partial charge in [0.15, 0.2) is 0 Å². The van der Waals surface area contributed by atoms with Crippen LogP contribution in [0.1, 0.15) is 11.1 Å². The van der Waals surface area contributed by atoms with E-state index in [1.807, 2.05) is 24.3 Å². The number of rotatable bonds is 7. The highest BCUT2D eigenvalue weighted by atomic mass is 32.2. The third-order valence-corrected chi connectivity index (χ3v) is 4.42. The SMILES string of the molecule is COc1ccc(C[S+]([O-])C=Cc2c(OC)cc(F)cc2OC)cc1. The zero-order chi connectivity index (χ0) is 17.5. The first-order valence-electron chi connectivity index (χ1n) is 7.17. The van der Waals surface area contributed by atoms with Gasteiger partial charge in [0.1, 0.15) is 34.2 Å². The Labute approximate surface area is 144 Å². The molecule has 0 fully saturated rings. The van der Waals surface area contributed by atoms with Gasteiger partial charge in [0.25, 0.3) is 0 Å². The molecule has 0 heterocycles. The summed E-state index contributed by atoms with van der Waals surface area (Å²) in [5.41, 5.74) is 1.47. The van der Waals surface area contributed by atoms with Crippen LogP contribution in [-0.4, -0.2) is 25.9 Å². The topological polar surface area (TPSA) is 50.8 Å². The Morgan fingerprint density at radius 3 is 2.08 bits per heavy atom. The Bertz CT molecular complexity index is 676. The van der Waals surface area contributed by atoms with Gasteiger partial charge in [0.05, 0.1) is 26.9 Å². The van der Waals surface area contributed by atoms with Crippen molar-refractivity contribution in [3.8, 4) is 17.2 Å². The summed E-state index contributed by atoms with van der Waals surface area (Å²) in [6.45, 7) is 0. The van der Waals surface area contributed by atoms with Gasteiger partial charge in [-0.3, -0.25) is 0 Å². The minimum Gasteiger partial charge on any atom is -0.612 e. The molecule has 2 aromatic rings. The predicted octanol–water partition coefficient (Wildman–Crippen LogP) is 3.77. The first-order chi connectivity index (χ1) is 11.6. The fourth-order valence-electron chi connectivity index (χ4n) is 2.15. The van der Waals surface area contributed by atoms with E-state index in [2.05, 4.69) is 0 Å². The van der Waals surface area contributed by atoms with E-state index in [0.29, 0.717) is 22.8 Å². The van der Waals surface area contributed by atoms with Crippen LogP contribution in [0, 0.1) is 5.82 Å². The smallest absolute Gasteiger partial charge is 0.135 e. The van der Waals surface area contributed by atoms with Crippen LogP contribution in [0.4, 0.5) is 4.39 Å². The second kappa shape index (κ2) is 8.61. The Hall–Kier alpha value is -2.18. The zero-order valence-electron chi connectivity index (χ0n) is 13.7. The molecule has 2 rings (SSSR count). The van der Waals surface area contributed by atoms with Crippen LogP contribution in [0.2, 0.25) is 0 Å². The molecule has 0 radical (unpaired) electrons. The second-order valence-electron chi connectivity index (χ2n) is 4.90. The van der Waals surface area contributed by atoms with Gasteiger partial charge in [-0.25, -0.2) is 4.39 Å². The van der Waals surface area contributed by atoms with Crippen molar-refractivity contribution in [1.29, 1.82) is 0 Å². The molecule has 0 aliphatic heterocycles. The van der Waals surface area contributed by atoms with E-state index in [-0.39, 0.29) is 0 Å². The van der Waals surface area contributed by atoms with E-state index in [0.717, 1.165) is 11.3 Å². The van der Waals surface area contributed by atoms with Gasteiger partial charge in [-0.2, -0.15) is 0 Å². The quantitative estimate of drug-likeness (QED) is 0.713. The maximum Gasteiger partial charge on any atom is 0.135 e. The first-order valence-corrected chi connectivity index (χ1v) is 8.55. The average molecular weight is 350 g/mol. The summed E-state index contributed by atoms with van der Waals surface area (Å²) >= 11 is -1.23. The van der Waals surface area contributed by atoms with Gasteiger partial charge < -0.3 is 18.8 Å². The van der Waals surface area contributed by atoms with Crippen LogP contribution in [0.25, 0.3) is 6.08 Å². The molecule has 0 amide bonds. The maximum absolute atomic E-state index is 13.5. The molecule has 0 saturated heterocycles. The van der Waals surface area contributed by atoms with Gasteiger partial charge in [0.2, 0.25) is 0 Å². The summed E-state index contributed by atoms with van der Waals surface area (Å²) < 4.78 is 41.1. The highest BCUT2D eigenvalue weighted by Gasteiger charge is 2.12. The van der Waals surface area contributed by atoms with E-state index in [1.54, 1.807) is 18.6 Å². The molecule has 0 aliphatic rings. The Morgan fingerprint density at radius 2 is 1.58 bits per heavy atom. The predicted molar refractivity (Wildman–Crippen MR) is 93.4 cm³/mol. The van der Waals surface area contributed by atoms with Crippen LogP contribution in [0.3, 0.4) is 0 Å². The number of methoxy groups -OCH3 is 3. The lowest BCUT2D eigenvalue weighted by Gasteiger charge is -2.11. The summed E-state index contributed by atoms with van der Waals surface area (Å²) in [6.07, 6.45) is 1.62. The molecule has 1 unspecified atom stereocenters. The van der Waals surface area contributed by atoms with Crippen molar-refractivity contribution in [2.75, 3.05) is 21.3 Å². The molecule has 4 nitrogen and oxygen atoms in total. The summed E-state index contributed by atoms with van der Waals surface area (Å²) in [5.74, 6) is 1.31. The summed E-state index contributed by atoms with van der Waals surface area (Å²) in [4.78, 5) is 0. The van der Waals surface area contributed by atoms with E-state index in [9.17, 15) is 8.94 Å². The van der Waals surface area contributed by atoms with Gasteiger partial charge in [0, 0.05) is 23.8 Å². The van der Waals surface area contributed by atoms with Gasteiger partial charge in [-0.1, -0.05) is 12.1 Å². The standard InChI is InChI=1S/C18H19FO4S/c1-21-15-6-4-13(5-7-15)12-24(20)9-8-16-17(22-2)10-14(19)11-18(16)23-3/h4-11H,12H2,1-3H3. The molecular weight excluding hydrogens is 331 g/mol. The third-order valence-electron chi connectivity index (χ3n) is 3.36. The average Bonchev–Trinajstić information content (AvgIpc) is 2.60. The summed E-state index contributed by atoms with van der Waals surface area (Å²) in [6, 6.07) is 9.89. The minimum atomic E-state index is -1.23. The van der Waals surface area contributed by atoms with Crippen molar-refractivity contribution in [3.05, 3.63) is 58.8 Å². The fraction of sp³-hybridized carbons (Fsp3) is 0.222. The number of halogens is 1. The molecule has 2 aromatic carbocycles. The molecule has 0 saturated carbocycles. The highest BCUT2D eigenvalue weighted by molar-refractivity contribution is 7.93. The highest BCUT2D eigenvalue weighted by Crippen LogP contribution is 2.31. The summed E-state index contributed by atoms with van der Waals surface area (Å²) in [7, 11) is 4.49. The monoisotopic (exact) mass is 350 g/mol. The Balaban J connectivity index is 2.14. The first kappa shape index (κ1) is 18.2. The molecule has 0 spiro atoms. The Kier molecular flexibility index (Phi) is 6.52. The maximum atomic E-state index is 13.5. The molecule has 128 valence electrons. The van der Waals surface area contributed by atoms with E-state index in [4.69, 9.17) is 14.2 Å². The van der Waals surface area contributed by atoms with Crippen molar-refractivity contribution in [2.24, 2.45) is 0 Å². The number of benzene rings is 2. The third kappa shape index (κ3) is 4.66. The number of ether oxygens (including phenoxy) is 3. The van der Waals surface area contributed by atoms with Crippen LogP contribution >= 0.6 is 0 Å². The van der Waals surface area contributed by atoms with E-state index < -0.39 is 17.0 Å². The van der Waals surface area contributed by atoms with Crippen LogP contribution in [-0.2, 0) is 16.9 Å². The lowest BCUT2D eigenvalue weighted by molar-refractivity contribution is 0.387.